The Bertz CT molecular complexity index is 1410. The van der Waals surface area contributed by atoms with E-state index in [4.69, 9.17) is 9.47 Å². The molecule has 0 saturated heterocycles. The summed E-state index contributed by atoms with van der Waals surface area (Å²) in [7, 11) is 2.98. The zero-order valence-electron chi connectivity index (χ0n) is 20.5. The number of thioether (sulfide) groups is 1. The number of rotatable bonds is 9. The van der Waals surface area contributed by atoms with Gasteiger partial charge in [-0.2, -0.15) is 0 Å². The number of carbonyl (C=O) groups excluding carboxylic acids is 2. The Kier molecular flexibility index (Phi) is 9.04. The first kappa shape index (κ1) is 27.2. The van der Waals surface area contributed by atoms with E-state index in [0.717, 1.165) is 10.5 Å². The molecule has 0 aliphatic rings. The highest BCUT2D eigenvalue weighted by Crippen LogP contribution is 2.37. The molecule has 0 aromatic heterocycles. The van der Waals surface area contributed by atoms with Crippen LogP contribution in [-0.4, -0.2) is 26.0 Å². The molecule has 4 aromatic rings. The number of amides is 2. The van der Waals surface area contributed by atoms with Crippen molar-refractivity contribution in [1.29, 1.82) is 0 Å². The number of hydrogen-bond donors (Lipinski definition) is 2. The quantitative estimate of drug-likeness (QED) is 0.198. The molecule has 0 saturated carbocycles. The zero-order chi connectivity index (χ0) is 27.1. The summed E-state index contributed by atoms with van der Waals surface area (Å²) >= 11 is 4.54. The van der Waals surface area contributed by atoms with E-state index in [2.05, 4.69) is 26.6 Å². The van der Waals surface area contributed by atoms with Crippen molar-refractivity contribution >= 4 is 50.9 Å². The molecule has 0 aliphatic heterocycles. The van der Waals surface area contributed by atoms with E-state index in [0.29, 0.717) is 21.7 Å². The molecule has 6 nitrogen and oxygen atoms in total. The Hall–Kier alpha value is -3.82. The van der Waals surface area contributed by atoms with Crippen molar-refractivity contribution in [2.45, 2.75) is 10.1 Å². The van der Waals surface area contributed by atoms with Crippen molar-refractivity contribution in [3.63, 3.8) is 0 Å². The first-order valence-corrected chi connectivity index (χ1v) is 13.2. The molecule has 38 heavy (non-hydrogen) atoms. The number of methoxy groups -OCH3 is 2. The molecule has 4 rings (SSSR count). The second-order valence-electron chi connectivity index (χ2n) is 8.04. The van der Waals surface area contributed by atoms with Crippen LogP contribution in [0.15, 0.2) is 100 Å². The van der Waals surface area contributed by atoms with E-state index in [-0.39, 0.29) is 23.1 Å². The van der Waals surface area contributed by atoms with Crippen LogP contribution in [0.4, 0.5) is 15.8 Å². The van der Waals surface area contributed by atoms with Crippen LogP contribution in [0.25, 0.3) is 0 Å². The maximum absolute atomic E-state index is 14.4. The first-order chi connectivity index (χ1) is 18.4. The summed E-state index contributed by atoms with van der Waals surface area (Å²) in [5.41, 5.74) is 1.72. The van der Waals surface area contributed by atoms with Crippen LogP contribution in [0.5, 0.6) is 11.5 Å². The minimum atomic E-state index is -0.641. The van der Waals surface area contributed by atoms with Gasteiger partial charge in [0.1, 0.15) is 28.1 Å². The van der Waals surface area contributed by atoms with Gasteiger partial charge in [0.2, 0.25) is 5.91 Å². The summed E-state index contributed by atoms with van der Waals surface area (Å²) in [5, 5.41) is 4.91. The fraction of sp³-hybridized carbons (Fsp3) is 0.103. The summed E-state index contributed by atoms with van der Waals surface area (Å²) in [4.78, 5) is 27.0. The molecule has 0 fully saturated rings. The van der Waals surface area contributed by atoms with Gasteiger partial charge in [-0.1, -0.05) is 52.3 Å². The highest BCUT2D eigenvalue weighted by atomic mass is 79.9. The predicted octanol–water partition coefficient (Wildman–Crippen LogP) is 7.33. The van der Waals surface area contributed by atoms with Crippen LogP contribution in [0.3, 0.4) is 0 Å². The number of carbonyl (C=O) groups is 2. The summed E-state index contributed by atoms with van der Waals surface area (Å²) in [6.07, 6.45) is 0. The highest BCUT2D eigenvalue weighted by molar-refractivity contribution is 9.10. The van der Waals surface area contributed by atoms with E-state index < -0.39 is 11.1 Å². The van der Waals surface area contributed by atoms with Crippen molar-refractivity contribution in [2.75, 3.05) is 24.9 Å². The van der Waals surface area contributed by atoms with Crippen molar-refractivity contribution in [1.82, 2.24) is 0 Å². The Morgan fingerprint density at radius 3 is 2.11 bits per heavy atom. The number of hydrogen-bond acceptors (Lipinski definition) is 5. The fourth-order valence-electron chi connectivity index (χ4n) is 3.71. The average Bonchev–Trinajstić information content (AvgIpc) is 2.93. The lowest BCUT2D eigenvalue weighted by molar-refractivity contribution is -0.115. The second-order valence-corrected chi connectivity index (χ2v) is 10.1. The SMILES string of the molecule is COc1cccc(OC)c1C(=O)Nc1ccc(SC(C(=O)Nc2ccc(Br)cc2F)c2ccccc2)cc1. The molecule has 0 aliphatic carbocycles. The molecule has 0 heterocycles. The predicted molar refractivity (Wildman–Crippen MR) is 152 cm³/mol. The molecule has 4 aromatic carbocycles. The number of anilines is 2. The third-order valence-electron chi connectivity index (χ3n) is 5.55. The number of nitrogens with one attached hydrogen (secondary N) is 2. The van der Waals surface area contributed by atoms with Gasteiger partial charge < -0.3 is 20.1 Å². The Morgan fingerprint density at radius 2 is 1.50 bits per heavy atom. The van der Waals surface area contributed by atoms with Gasteiger partial charge in [-0.3, -0.25) is 9.59 Å². The number of ether oxygens (including phenoxy) is 2. The lowest BCUT2D eigenvalue weighted by atomic mass is 10.1. The van der Waals surface area contributed by atoms with E-state index >= 15 is 0 Å². The first-order valence-electron chi connectivity index (χ1n) is 11.5. The van der Waals surface area contributed by atoms with Crippen LogP contribution >= 0.6 is 27.7 Å². The second kappa shape index (κ2) is 12.6. The van der Waals surface area contributed by atoms with Gasteiger partial charge in [0.15, 0.2) is 0 Å². The van der Waals surface area contributed by atoms with Gasteiger partial charge in [-0.15, -0.1) is 11.8 Å². The molecule has 194 valence electrons. The Labute approximate surface area is 232 Å². The van der Waals surface area contributed by atoms with Crippen molar-refractivity contribution in [2.24, 2.45) is 0 Å². The highest BCUT2D eigenvalue weighted by Gasteiger charge is 2.23. The van der Waals surface area contributed by atoms with Crippen LogP contribution in [-0.2, 0) is 4.79 Å². The molecule has 0 radical (unpaired) electrons. The molecule has 0 spiro atoms. The minimum Gasteiger partial charge on any atom is -0.496 e. The van der Waals surface area contributed by atoms with Crippen molar-refractivity contribution in [3.8, 4) is 11.5 Å². The monoisotopic (exact) mass is 594 g/mol. The summed E-state index contributed by atoms with van der Waals surface area (Å²) in [6, 6.07) is 26.0. The third-order valence-corrected chi connectivity index (χ3v) is 7.31. The third kappa shape index (κ3) is 6.54. The average molecular weight is 595 g/mol. The largest absolute Gasteiger partial charge is 0.496 e. The van der Waals surface area contributed by atoms with Crippen LogP contribution in [0.1, 0.15) is 21.2 Å². The maximum atomic E-state index is 14.4. The molecule has 9 heteroatoms. The minimum absolute atomic E-state index is 0.101. The van der Waals surface area contributed by atoms with Crippen molar-refractivity contribution < 1.29 is 23.5 Å². The molecule has 0 bridgehead atoms. The number of benzene rings is 4. The van der Waals surface area contributed by atoms with Gasteiger partial charge >= 0.3 is 0 Å². The van der Waals surface area contributed by atoms with Gasteiger partial charge in [0.25, 0.3) is 5.91 Å². The van der Waals surface area contributed by atoms with E-state index in [1.54, 1.807) is 36.4 Å². The van der Waals surface area contributed by atoms with E-state index in [1.165, 1.54) is 38.1 Å². The molecule has 2 amide bonds. The topological polar surface area (TPSA) is 76.7 Å². The Balaban J connectivity index is 1.52. The summed E-state index contributed by atoms with van der Waals surface area (Å²) in [5.74, 6) is -0.474. The van der Waals surface area contributed by atoms with Crippen LogP contribution in [0, 0.1) is 5.82 Å². The fourth-order valence-corrected chi connectivity index (χ4v) is 5.07. The van der Waals surface area contributed by atoms with Gasteiger partial charge in [-0.05, 0) is 60.2 Å². The van der Waals surface area contributed by atoms with E-state index in [1.807, 2.05) is 42.5 Å². The maximum Gasteiger partial charge on any atom is 0.263 e. The smallest absolute Gasteiger partial charge is 0.263 e. The molecular weight excluding hydrogens is 571 g/mol. The van der Waals surface area contributed by atoms with E-state index in [9.17, 15) is 14.0 Å². The standard InChI is InChI=1S/C29H24BrFN2O4S/c1-36-24-9-6-10-25(37-2)26(24)28(34)32-20-12-14-21(15-13-20)38-27(18-7-4-3-5-8-18)29(35)33-23-16-11-19(30)17-22(23)31/h3-17,27H,1-2H3,(H,32,34)(H,33,35). The molecule has 1 atom stereocenters. The van der Waals surface area contributed by atoms with Crippen LogP contribution in [0.2, 0.25) is 0 Å². The normalized spacial score (nSPS) is 11.4. The van der Waals surface area contributed by atoms with Crippen molar-refractivity contribution in [3.05, 3.63) is 112 Å². The number of halogens is 2. The van der Waals surface area contributed by atoms with Gasteiger partial charge in [-0.25, -0.2) is 4.39 Å². The van der Waals surface area contributed by atoms with Gasteiger partial charge in [0.05, 0.1) is 19.9 Å². The Morgan fingerprint density at radius 1 is 0.842 bits per heavy atom. The van der Waals surface area contributed by atoms with Crippen LogP contribution < -0.4 is 20.1 Å². The lowest BCUT2D eigenvalue weighted by Gasteiger charge is -2.18. The molecule has 1 unspecified atom stereocenters. The summed E-state index contributed by atoms with van der Waals surface area (Å²) in [6.45, 7) is 0. The summed E-state index contributed by atoms with van der Waals surface area (Å²) < 4.78 is 25.6. The molecule has 2 N–H and O–H groups in total. The lowest BCUT2D eigenvalue weighted by Crippen LogP contribution is -2.19. The molecular formula is C29H24BrFN2O4S. The zero-order valence-corrected chi connectivity index (χ0v) is 22.9. The van der Waals surface area contributed by atoms with Gasteiger partial charge in [0, 0.05) is 15.1 Å².